The first-order valence-electron chi connectivity index (χ1n) is 8.81. The van der Waals surface area contributed by atoms with Crippen LogP contribution in [0.1, 0.15) is 32.9 Å². The normalized spacial score (nSPS) is 11.7. The summed E-state index contributed by atoms with van der Waals surface area (Å²) in [6.07, 6.45) is 4.96. The quantitative estimate of drug-likeness (QED) is 0.221. The first-order valence-corrected chi connectivity index (χ1v) is 9.61. The number of aliphatic imine (C=N–C) groups is 1. The van der Waals surface area contributed by atoms with Gasteiger partial charge >= 0.3 is 0 Å². The third-order valence-electron chi connectivity index (χ3n) is 3.42. The Hall–Kier alpha value is -0.870. The molecule has 0 fully saturated rings. The van der Waals surface area contributed by atoms with Gasteiger partial charge in [-0.25, -0.2) is 9.98 Å². The first kappa shape index (κ1) is 23.2. The molecule has 6 nitrogen and oxygen atoms in total. The molecule has 0 unspecified atom stereocenters. The molecule has 0 saturated carbocycles. The fourth-order valence-corrected chi connectivity index (χ4v) is 2.65. The van der Waals surface area contributed by atoms with E-state index in [1.165, 1.54) is 0 Å². The lowest BCUT2D eigenvalue weighted by Gasteiger charge is -2.11. The van der Waals surface area contributed by atoms with Crippen LogP contribution in [0.3, 0.4) is 0 Å². The summed E-state index contributed by atoms with van der Waals surface area (Å²) in [6.45, 7) is 10.2. The molecule has 2 heterocycles. The van der Waals surface area contributed by atoms with Crippen LogP contribution in [0, 0.1) is 5.92 Å². The zero-order chi connectivity index (χ0) is 18.1. The Morgan fingerprint density at radius 3 is 2.85 bits per heavy atom. The Kier molecular flexibility index (Phi) is 11.1. The van der Waals surface area contributed by atoms with Gasteiger partial charge in [-0.3, -0.25) is 0 Å². The third-order valence-corrected chi connectivity index (χ3v) is 3.89. The van der Waals surface area contributed by atoms with Gasteiger partial charge in [0, 0.05) is 43.2 Å². The second-order valence-corrected chi connectivity index (χ2v) is 7.20. The highest BCUT2D eigenvalue weighted by Gasteiger charge is 2.03. The van der Waals surface area contributed by atoms with Gasteiger partial charge in [-0.05, 0) is 47.3 Å². The van der Waals surface area contributed by atoms with Gasteiger partial charge in [0.1, 0.15) is 5.65 Å². The van der Waals surface area contributed by atoms with E-state index >= 15 is 0 Å². The molecule has 0 aliphatic heterocycles. The van der Waals surface area contributed by atoms with E-state index in [2.05, 4.69) is 57.3 Å². The summed E-state index contributed by atoms with van der Waals surface area (Å²) in [4.78, 5) is 9.20. The Balaban J connectivity index is 0.00000338. The maximum atomic E-state index is 5.59. The van der Waals surface area contributed by atoms with Crippen molar-refractivity contribution in [2.75, 3.05) is 26.3 Å². The Bertz CT molecular complexity index is 689. The van der Waals surface area contributed by atoms with Crippen LogP contribution in [-0.2, 0) is 11.3 Å². The summed E-state index contributed by atoms with van der Waals surface area (Å²) in [7, 11) is 0. The van der Waals surface area contributed by atoms with Crippen LogP contribution in [0.15, 0.2) is 34.0 Å². The lowest BCUT2D eigenvalue weighted by molar-refractivity contribution is 0.108. The minimum absolute atomic E-state index is 0. The van der Waals surface area contributed by atoms with Gasteiger partial charge in [0.05, 0.1) is 12.2 Å². The van der Waals surface area contributed by atoms with E-state index < -0.39 is 0 Å². The lowest BCUT2D eigenvalue weighted by atomic mass is 10.2. The van der Waals surface area contributed by atoms with Crippen LogP contribution in [0.25, 0.3) is 5.65 Å². The van der Waals surface area contributed by atoms with Crippen LogP contribution in [0.4, 0.5) is 0 Å². The number of nitrogens with zero attached hydrogens (tertiary/aromatic N) is 3. The molecule has 2 aromatic rings. The number of pyridine rings is 1. The van der Waals surface area contributed by atoms with E-state index in [0.29, 0.717) is 12.5 Å². The summed E-state index contributed by atoms with van der Waals surface area (Å²) < 4.78 is 8.62. The summed E-state index contributed by atoms with van der Waals surface area (Å²) in [6, 6.07) is 3.97. The van der Waals surface area contributed by atoms with Crippen molar-refractivity contribution < 1.29 is 4.74 Å². The van der Waals surface area contributed by atoms with Crippen molar-refractivity contribution in [3.05, 3.63) is 34.7 Å². The molecule has 0 amide bonds. The second-order valence-electron chi connectivity index (χ2n) is 6.29. The van der Waals surface area contributed by atoms with E-state index in [1.807, 2.05) is 28.9 Å². The predicted octanol–water partition coefficient (Wildman–Crippen LogP) is 3.83. The van der Waals surface area contributed by atoms with Crippen molar-refractivity contribution in [1.29, 1.82) is 0 Å². The number of halogens is 2. The highest BCUT2D eigenvalue weighted by molar-refractivity contribution is 14.0. The number of fused-ring (bicyclic) bond motifs is 1. The van der Waals surface area contributed by atoms with Gasteiger partial charge in [-0.15, -0.1) is 24.0 Å². The smallest absolute Gasteiger partial charge is 0.191 e. The number of rotatable bonds is 9. The predicted molar refractivity (Wildman–Crippen MR) is 121 cm³/mol. The number of guanidine groups is 1. The number of hydrogen-bond acceptors (Lipinski definition) is 3. The number of nitrogens with one attached hydrogen (secondary N) is 2. The number of aromatic nitrogens is 2. The van der Waals surface area contributed by atoms with Crippen LogP contribution < -0.4 is 10.6 Å². The van der Waals surface area contributed by atoms with E-state index in [9.17, 15) is 0 Å². The van der Waals surface area contributed by atoms with Crippen molar-refractivity contribution in [3.8, 4) is 0 Å². The van der Waals surface area contributed by atoms with Crippen LogP contribution >= 0.6 is 39.9 Å². The number of hydrogen-bond donors (Lipinski definition) is 2. The molecule has 0 spiro atoms. The Labute approximate surface area is 181 Å². The van der Waals surface area contributed by atoms with Gasteiger partial charge in [-0.2, -0.15) is 0 Å². The van der Waals surface area contributed by atoms with E-state index in [0.717, 1.165) is 54.5 Å². The summed E-state index contributed by atoms with van der Waals surface area (Å²) in [5, 5.41) is 6.60. The fraction of sp³-hybridized carbons (Fsp3) is 0.556. The van der Waals surface area contributed by atoms with Crippen LogP contribution in [0.5, 0.6) is 0 Å². The molecular weight excluding hydrogens is 509 g/mol. The third kappa shape index (κ3) is 8.22. The van der Waals surface area contributed by atoms with Gasteiger partial charge in [-0.1, -0.05) is 13.8 Å². The van der Waals surface area contributed by atoms with Gasteiger partial charge in [0.15, 0.2) is 5.96 Å². The van der Waals surface area contributed by atoms with E-state index in [-0.39, 0.29) is 24.0 Å². The van der Waals surface area contributed by atoms with Crippen molar-refractivity contribution in [2.24, 2.45) is 10.9 Å². The maximum Gasteiger partial charge on any atom is 0.191 e. The highest BCUT2D eigenvalue weighted by atomic mass is 127. The molecule has 0 aromatic carbocycles. The molecule has 2 rings (SSSR count). The molecule has 0 aliphatic carbocycles. The monoisotopic (exact) mass is 537 g/mol. The molecule has 0 saturated heterocycles. The van der Waals surface area contributed by atoms with E-state index in [4.69, 9.17) is 4.74 Å². The Morgan fingerprint density at radius 2 is 2.12 bits per heavy atom. The summed E-state index contributed by atoms with van der Waals surface area (Å²) >= 11 is 3.47. The molecule has 0 aliphatic rings. The topological polar surface area (TPSA) is 63.0 Å². The van der Waals surface area contributed by atoms with Gasteiger partial charge in [0.2, 0.25) is 0 Å². The van der Waals surface area contributed by atoms with Crippen LogP contribution in [-0.4, -0.2) is 41.6 Å². The molecule has 26 heavy (non-hydrogen) atoms. The lowest BCUT2D eigenvalue weighted by Crippen LogP contribution is -2.38. The molecule has 2 aromatic heterocycles. The molecule has 146 valence electrons. The molecular formula is C18H29BrIN5O. The SMILES string of the molecule is CCNC(=NCc1cn2cc(Br)ccc2n1)NCCCOCC(C)C.I. The zero-order valence-corrected chi connectivity index (χ0v) is 19.6. The molecule has 0 bridgehead atoms. The molecule has 0 radical (unpaired) electrons. The minimum Gasteiger partial charge on any atom is -0.381 e. The van der Waals surface area contributed by atoms with Crippen molar-refractivity contribution in [3.63, 3.8) is 0 Å². The minimum atomic E-state index is 0. The van der Waals surface area contributed by atoms with E-state index in [1.54, 1.807) is 0 Å². The standard InChI is InChI=1S/C18H28BrN5O.HI/c1-4-20-18(21-8-5-9-25-13-14(2)3)22-10-16-12-24-11-15(19)6-7-17(24)23-16;/h6-7,11-12,14H,4-5,8-10,13H2,1-3H3,(H2,20,21,22);1H. The maximum absolute atomic E-state index is 5.59. The van der Waals surface area contributed by atoms with Crippen molar-refractivity contribution in [1.82, 2.24) is 20.0 Å². The van der Waals surface area contributed by atoms with Gasteiger partial charge in [0.25, 0.3) is 0 Å². The largest absolute Gasteiger partial charge is 0.381 e. The number of ether oxygens (including phenoxy) is 1. The fourth-order valence-electron chi connectivity index (χ4n) is 2.30. The average Bonchev–Trinajstić information content (AvgIpc) is 2.97. The first-order chi connectivity index (χ1) is 12.1. The second kappa shape index (κ2) is 12.5. The molecule has 2 N–H and O–H groups in total. The molecule has 8 heteroatoms. The Morgan fingerprint density at radius 1 is 1.31 bits per heavy atom. The summed E-state index contributed by atoms with van der Waals surface area (Å²) in [5.74, 6) is 1.39. The van der Waals surface area contributed by atoms with Crippen molar-refractivity contribution >= 4 is 51.5 Å². The zero-order valence-electron chi connectivity index (χ0n) is 15.7. The van der Waals surface area contributed by atoms with Crippen LogP contribution in [0.2, 0.25) is 0 Å². The van der Waals surface area contributed by atoms with Crippen molar-refractivity contribution in [2.45, 2.75) is 33.7 Å². The molecule has 0 atom stereocenters. The average molecular weight is 538 g/mol. The summed E-state index contributed by atoms with van der Waals surface area (Å²) in [5.41, 5.74) is 1.87. The van der Waals surface area contributed by atoms with Gasteiger partial charge < -0.3 is 19.8 Å². The number of imidazole rings is 1. The highest BCUT2D eigenvalue weighted by Crippen LogP contribution is 2.12.